The van der Waals surface area contributed by atoms with E-state index in [0.717, 1.165) is 0 Å². The number of carbonyl (C=O) groups excluding carboxylic acids is 3. The van der Waals surface area contributed by atoms with Crippen LogP contribution in [-0.4, -0.2) is 64.7 Å². The van der Waals surface area contributed by atoms with Crippen LogP contribution in [0.15, 0.2) is 12.5 Å². The van der Waals surface area contributed by atoms with E-state index in [1.165, 1.54) is 12.5 Å². The number of imidazole rings is 1. The van der Waals surface area contributed by atoms with Crippen LogP contribution in [0.3, 0.4) is 0 Å². The van der Waals surface area contributed by atoms with Gasteiger partial charge in [-0.05, 0) is 6.92 Å². The first-order chi connectivity index (χ1) is 11.4. The number of amides is 3. The molecule has 0 radical (unpaired) electrons. The number of carboxylic acids is 1. The Bertz CT molecular complexity index is 573. The number of rotatable bonds is 9. The van der Waals surface area contributed by atoms with Crippen molar-refractivity contribution >= 4 is 23.9 Å². The molecule has 132 valence electrons. The second kappa shape index (κ2) is 9.82. The molecule has 0 aliphatic carbocycles. The van der Waals surface area contributed by atoms with E-state index in [9.17, 15) is 19.2 Å². The average molecular weight is 341 g/mol. The summed E-state index contributed by atoms with van der Waals surface area (Å²) in [5.41, 5.74) is 0.477. The van der Waals surface area contributed by atoms with Crippen LogP contribution in [-0.2, 0) is 25.5 Å². The van der Waals surface area contributed by atoms with Crippen LogP contribution >= 0.6 is 0 Å². The van der Waals surface area contributed by atoms with Crippen LogP contribution < -0.4 is 16.0 Å². The highest BCUT2D eigenvalue weighted by molar-refractivity contribution is 5.89. The first kappa shape index (κ1) is 18.9. The zero-order valence-electron chi connectivity index (χ0n) is 13.0. The SMILES string of the molecule is CCOC(=O)NCC(=O)NCC(=O)N[C@@H](Cc1c[nH]cn1)C(=O)O. The second-order valence-electron chi connectivity index (χ2n) is 4.57. The molecule has 1 heterocycles. The number of carbonyl (C=O) groups is 4. The van der Waals surface area contributed by atoms with E-state index in [2.05, 4.69) is 30.7 Å². The summed E-state index contributed by atoms with van der Waals surface area (Å²) in [5, 5.41) is 15.8. The molecule has 3 amide bonds. The number of aliphatic carboxylic acids is 1. The van der Waals surface area contributed by atoms with Gasteiger partial charge in [0.25, 0.3) is 0 Å². The molecular formula is C13H19N5O6. The molecule has 0 saturated heterocycles. The summed E-state index contributed by atoms with van der Waals surface area (Å²) >= 11 is 0. The zero-order chi connectivity index (χ0) is 17.9. The quantitative estimate of drug-likeness (QED) is 0.360. The molecule has 5 N–H and O–H groups in total. The van der Waals surface area contributed by atoms with Gasteiger partial charge in [0, 0.05) is 12.6 Å². The Morgan fingerprint density at radius 2 is 1.96 bits per heavy atom. The van der Waals surface area contributed by atoms with Crippen molar-refractivity contribution in [3.63, 3.8) is 0 Å². The van der Waals surface area contributed by atoms with Gasteiger partial charge in [-0.25, -0.2) is 14.6 Å². The van der Waals surface area contributed by atoms with Gasteiger partial charge in [-0.3, -0.25) is 9.59 Å². The Morgan fingerprint density at radius 1 is 1.25 bits per heavy atom. The number of hydrogen-bond donors (Lipinski definition) is 5. The number of carboxylic acid groups (broad SMARTS) is 1. The molecule has 0 aliphatic heterocycles. The Kier molecular flexibility index (Phi) is 7.75. The monoisotopic (exact) mass is 341 g/mol. The molecule has 0 spiro atoms. The van der Waals surface area contributed by atoms with Crippen molar-refractivity contribution in [2.75, 3.05) is 19.7 Å². The molecule has 0 fully saturated rings. The topological polar surface area (TPSA) is 163 Å². The summed E-state index contributed by atoms with van der Waals surface area (Å²) in [5.74, 6) is -2.51. The Hall–Kier alpha value is -3.11. The van der Waals surface area contributed by atoms with Crippen LogP contribution in [0.4, 0.5) is 4.79 Å². The zero-order valence-corrected chi connectivity index (χ0v) is 13.0. The summed E-state index contributed by atoms with van der Waals surface area (Å²) in [7, 11) is 0. The molecule has 1 aromatic heterocycles. The number of nitrogens with zero attached hydrogens (tertiary/aromatic N) is 1. The molecule has 1 atom stereocenters. The Labute approximate surface area is 137 Å². The molecule has 0 aliphatic rings. The summed E-state index contributed by atoms with van der Waals surface area (Å²) in [4.78, 5) is 51.8. The maximum Gasteiger partial charge on any atom is 0.407 e. The molecular weight excluding hydrogens is 322 g/mol. The van der Waals surface area contributed by atoms with Gasteiger partial charge in [-0.2, -0.15) is 0 Å². The lowest BCUT2D eigenvalue weighted by molar-refractivity contribution is -0.141. The Balaban J connectivity index is 2.34. The van der Waals surface area contributed by atoms with Gasteiger partial charge < -0.3 is 30.8 Å². The number of hydrogen-bond acceptors (Lipinski definition) is 6. The molecule has 11 heteroatoms. The van der Waals surface area contributed by atoms with Crippen LogP contribution in [0, 0.1) is 0 Å². The van der Waals surface area contributed by atoms with Gasteiger partial charge in [-0.15, -0.1) is 0 Å². The lowest BCUT2D eigenvalue weighted by atomic mass is 10.1. The van der Waals surface area contributed by atoms with Gasteiger partial charge in [0.15, 0.2) is 0 Å². The summed E-state index contributed by atoms with van der Waals surface area (Å²) < 4.78 is 4.56. The lowest BCUT2D eigenvalue weighted by Crippen LogP contribution is -2.47. The van der Waals surface area contributed by atoms with E-state index in [0.29, 0.717) is 5.69 Å². The maximum absolute atomic E-state index is 11.7. The summed E-state index contributed by atoms with van der Waals surface area (Å²) in [6.45, 7) is 1.00. The molecule has 0 aromatic carbocycles. The first-order valence-corrected chi connectivity index (χ1v) is 7.09. The van der Waals surface area contributed by atoms with E-state index in [1.807, 2.05) is 0 Å². The number of ether oxygens (including phenoxy) is 1. The molecule has 0 unspecified atom stereocenters. The van der Waals surface area contributed by atoms with Crippen molar-refractivity contribution in [2.24, 2.45) is 0 Å². The molecule has 0 saturated carbocycles. The number of nitrogens with one attached hydrogen (secondary N) is 4. The third-order valence-corrected chi connectivity index (χ3v) is 2.72. The molecule has 1 aromatic rings. The smallest absolute Gasteiger partial charge is 0.407 e. The standard InChI is InChI=1S/C13H19N5O6/c1-2-24-13(23)16-5-10(19)15-6-11(20)18-9(12(21)22)3-8-4-14-7-17-8/h4,7,9H,2-3,5-6H2,1H3,(H,14,17)(H,15,19)(H,16,23)(H,18,20)(H,21,22)/t9-/m0/s1. The van der Waals surface area contributed by atoms with Crippen molar-refractivity contribution < 1.29 is 29.0 Å². The van der Waals surface area contributed by atoms with Crippen LogP contribution in [0.2, 0.25) is 0 Å². The predicted molar refractivity (Wildman–Crippen MR) is 79.9 cm³/mol. The lowest BCUT2D eigenvalue weighted by Gasteiger charge is -2.13. The van der Waals surface area contributed by atoms with Crippen LogP contribution in [0.5, 0.6) is 0 Å². The van der Waals surface area contributed by atoms with E-state index in [-0.39, 0.29) is 19.6 Å². The molecule has 11 nitrogen and oxygen atoms in total. The fourth-order valence-electron chi connectivity index (χ4n) is 1.63. The number of H-pyrrole nitrogens is 1. The minimum absolute atomic E-state index is 0.00291. The van der Waals surface area contributed by atoms with Gasteiger partial charge in [0.1, 0.15) is 12.6 Å². The predicted octanol–water partition coefficient (Wildman–Crippen LogP) is -1.62. The normalized spacial score (nSPS) is 11.2. The maximum atomic E-state index is 11.7. The van der Waals surface area contributed by atoms with Crippen molar-refractivity contribution in [2.45, 2.75) is 19.4 Å². The van der Waals surface area contributed by atoms with Gasteiger partial charge >= 0.3 is 12.1 Å². The molecule has 0 bridgehead atoms. The highest BCUT2D eigenvalue weighted by atomic mass is 16.5. The van der Waals surface area contributed by atoms with Crippen molar-refractivity contribution in [1.82, 2.24) is 25.9 Å². The van der Waals surface area contributed by atoms with Crippen molar-refractivity contribution in [3.8, 4) is 0 Å². The third-order valence-electron chi connectivity index (χ3n) is 2.72. The first-order valence-electron chi connectivity index (χ1n) is 7.09. The highest BCUT2D eigenvalue weighted by Crippen LogP contribution is 1.98. The number of aromatic nitrogens is 2. The minimum Gasteiger partial charge on any atom is -0.480 e. The van der Waals surface area contributed by atoms with Crippen LogP contribution in [0.1, 0.15) is 12.6 Å². The number of alkyl carbamates (subject to hydrolysis) is 1. The summed E-state index contributed by atoms with van der Waals surface area (Å²) in [6, 6.07) is -1.17. The van der Waals surface area contributed by atoms with E-state index in [4.69, 9.17) is 5.11 Å². The van der Waals surface area contributed by atoms with Gasteiger partial charge in [-0.1, -0.05) is 0 Å². The minimum atomic E-state index is -1.22. The fourth-order valence-corrected chi connectivity index (χ4v) is 1.63. The number of aromatic amines is 1. The average Bonchev–Trinajstić information content (AvgIpc) is 3.03. The highest BCUT2D eigenvalue weighted by Gasteiger charge is 2.21. The van der Waals surface area contributed by atoms with Crippen molar-refractivity contribution in [1.29, 1.82) is 0 Å². The second-order valence-corrected chi connectivity index (χ2v) is 4.57. The van der Waals surface area contributed by atoms with Crippen LogP contribution in [0.25, 0.3) is 0 Å². The van der Waals surface area contributed by atoms with Gasteiger partial charge in [0.2, 0.25) is 11.8 Å². The largest absolute Gasteiger partial charge is 0.480 e. The van der Waals surface area contributed by atoms with E-state index in [1.54, 1.807) is 6.92 Å². The van der Waals surface area contributed by atoms with E-state index >= 15 is 0 Å². The Morgan fingerprint density at radius 3 is 2.54 bits per heavy atom. The fraction of sp³-hybridized carbons (Fsp3) is 0.462. The molecule has 1 rings (SSSR count). The summed E-state index contributed by atoms with van der Waals surface area (Å²) in [6.07, 6.45) is 2.17. The molecule has 24 heavy (non-hydrogen) atoms. The van der Waals surface area contributed by atoms with Crippen molar-refractivity contribution in [3.05, 3.63) is 18.2 Å². The van der Waals surface area contributed by atoms with Gasteiger partial charge in [0.05, 0.1) is 25.2 Å². The third kappa shape index (κ3) is 7.24. The van der Waals surface area contributed by atoms with E-state index < -0.39 is 36.5 Å².